The number of anilines is 2. The second kappa shape index (κ2) is 7.61. The number of carbonyl (C=O) groups is 2. The molecule has 1 heterocycles. The average molecular weight is 356 g/mol. The van der Waals surface area contributed by atoms with E-state index in [-0.39, 0.29) is 17.2 Å². The standard InChI is InChI=1S/C19H20N2O3S/c1-3-24-17-7-5-4-6-16(17)21-18(23)12-25-19(21)14-8-10-15(11-9-14)20-13(2)22/h4-11,19H,3,12H2,1-2H3,(H,20,22)/t19-/m1/s1. The predicted octanol–water partition coefficient (Wildman–Crippen LogP) is 3.82. The Morgan fingerprint density at radius 3 is 2.64 bits per heavy atom. The van der Waals surface area contributed by atoms with Crippen molar-refractivity contribution < 1.29 is 14.3 Å². The number of para-hydroxylation sites is 2. The van der Waals surface area contributed by atoms with E-state index >= 15 is 0 Å². The summed E-state index contributed by atoms with van der Waals surface area (Å²) in [7, 11) is 0. The van der Waals surface area contributed by atoms with Crippen LogP contribution in [0.25, 0.3) is 0 Å². The summed E-state index contributed by atoms with van der Waals surface area (Å²) in [6.07, 6.45) is 0. The van der Waals surface area contributed by atoms with Crippen molar-refractivity contribution in [3.05, 3.63) is 54.1 Å². The third-order valence-corrected chi connectivity index (χ3v) is 5.02. The molecule has 25 heavy (non-hydrogen) atoms. The molecule has 130 valence electrons. The Balaban J connectivity index is 1.91. The molecule has 0 saturated carbocycles. The first-order valence-electron chi connectivity index (χ1n) is 8.13. The quantitative estimate of drug-likeness (QED) is 0.885. The first-order valence-corrected chi connectivity index (χ1v) is 9.18. The van der Waals surface area contributed by atoms with Crippen LogP contribution in [0, 0.1) is 0 Å². The number of amides is 2. The van der Waals surface area contributed by atoms with Crippen molar-refractivity contribution >= 4 is 35.0 Å². The van der Waals surface area contributed by atoms with Gasteiger partial charge in [-0.15, -0.1) is 11.8 Å². The van der Waals surface area contributed by atoms with Crippen LogP contribution in [0.3, 0.4) is 0 Å². The number of nitrogens with one attached hydrogen (secondary N) is 1. The summed E-state index contributed by atoms with van der Waals surface area (Å²) in [6, 6.07) is 15.2. The number of hydrogen-bond acceptors (Lipinski definition) is 4. The molecule has 1 saturated heterocycles. The molecular weight excluding hydrogens is 336 g/mol. The largest absolute Gasteiger partial charge is 0.492 e. The smallest absolute Gasteiger partial charge is 0.238 e. The maximum Gasteiger partial charge on any atom is 0.238 e. The summed E-state index contributed by atoms with van der Waals surface area (Å²) in [5, 5.41) is 2.64. The Hall–Kier alpha value is -2.47. The van der Waals surface area contributed by atoms with E-state index in [2.05, 4.69) is 5.32 Å². The highest BCUT2D eigenvalue weighted by molar-refractivity contribution is 8.00. The zero-order valence-corrected chi connectivity index (χ0v) is 15.0. The van der Waals surface area contributed by atoms with Crippen molar-refractivity contribution in [2.45, 2.75) is 19.2 Å². The molecule has 0 radical (unpaired) electrons. The van der Waals surface area contributed by atoms with Gasteiger partial charge < -0.3 is 10.1 Å². The second-order valence-corrected chi connectivity index (χ2v) is 6.70. The van der Waals surface area contributed by atoms with Crippen molar-refractivity contribution in [3.63, 3.8) is 0 Å². The van der Waals surface area contributed by atoms with Crippen LogP contribution < -0.4 is 15.0 Å². The van der Waals surface area contributed by atoms with E-state index in [0.717, 1.165) is 16.9 Å². The average Bonchev–Trinajstić information content (AvgIpc) is 2.97. The highest BCUT2D eigenvalue weighted by atomic mass is 32.2. The topological polar surface area (TPSA) is 58.6 Å². The summed E-state index contributed by atoms with van der Waals surface area (Å²) in [5.41, 5.74) is 2.54. The molecule has 2 amide bonds. The fourth-order valence-electron chi connectivity index (χ4n) is 2.80. The summed E-state index contributed by atoms with van der Waals surface area (Å²) < 4.78 is 5.69. The van der Waals surface area contributed by atoms with Gasteiger partial charge >= 0.3 is 0 Å². The lowest BCUT2D eigenvalue weighted by Crippen LogP contribution is -2.28. The third-order valence-electron chi connectivity index (χ3n) is 3.81. The zero-order valence-electron chi connectivity index (χ0n) is 14.2. The van der Waals surface area contributed by atoms with E-state index in [1.54, 1.807) is 16.7 Å². The Morgan fingerprint density at radius 2 is 1.96 bits per heavy atom. The Kier molecular flexibility index (Phi) is 5.28. The van der Waals surface area contributed by atoms with Crippen LogP contribution in [0.4, 0.5) is 11.4 Å². The monoisotopic (exact) mass is 356 g/mol. The van der Waals surface area contributed by atoms with Crippen LogP contribution in [-0.2, 0) is 9.59 Å². The molecule has 0 spiro atoms. The minimum atomic E-state index is -0.111. The first-order chi connectivity index (χ1) is 12.1. The van der Waals surface area contributed by atoms with Gasteiger partial charge in [0.25, 0.3) is 0 Å². The van der Waals surface area contributed by atoms with Crippen molar-refractivity contribution in [1.82, 2.24) is 0 Å². The molecule has 1 atom stereocenters. The molecule has 2 aromatic carbocycles. The maximum atomic E-state index is 12.5. The molecule has 1 aliphatic heterocycles. The molecule has 1 aliphatic rings. The molecule has 5 nitrogen and oxygen atoms in total. The van der Waals surface area contributed by atoms with Gasteiger partial charge in [-0.3, -0.25) is 14.5 Å². The summed E-state index contributed by atoms with van der Waals surface area (Å²) in [5.74, 6) is 1.10. The molecule has 1 N–H and O–H groups in total. The molecule has 0 aromatic heterocycles. The number of benzene rings is 2. The van der Waals surface area contributed by atoms with Gasteiger partial charge in [0.15, 0.2) is 0 Å². The van der Waals surface area contributed by atoms with Gasteiger partial charge in [0.1, 0.15) is 11.1 Å². The van der Waals surface area contributed by atoms with Crippen LogP contribution in [0.2, 0.25) is 0 Å². The van der Waals surface area contributed by atoms with Crippen LogP contribution >= 0.6 is 11.8 Å². The highest BCUT2D eigenvalue weighted by Gasteiger charge is 2.35. The lowest BCUT2D eigenvalue weighted by molar-refractivity contribution is -0.116. The number of nitrogens with zero attached hydrogens (tertiary/aromatic N) is 1. The summed E-state index contributed by atoms with van der Waals surface area (Å²) in [6.45, 7) is 3.95. The Bertz CT molecular complexity index is 776. The van der Waals surface area contributed by atoms with Crippen molar-refractivity contribution in [2.75, 3.05) is 22.6 Å². The van der Waals surface area contributed by atoms with Crippen LogP contribution in [-0.4, -0.2) is 24.2 Å². The van der Waals surface area contributed by atoms with Gasteiger partial charge in [0.05, 0.1) is 18.0 Å². The Labute approximate surface area is 151 Å². The van der Waals surface area contributed by atoms with Crippen molar-refractivity contribution in [2.24, 2.45) is 0 Å². The molecule has 0 bridgehead atoms. The van der Waals surface area contributed by atoms with Gasteiger partial charge in [-0.1, -0.05) is 24.3 Å². The molecule has 0 aliphatic carbocycles. The van der Waals surface area contributed by atoms with Crippen LogP contribution in [0.15, 0.2) is 48.5 Å². The molecule has 1 fully saturated rings. The molecule has 6 heteroatoms. The SMILES string of the molecule is CCOc1ccccc1N1C(=O)CS[C@@H]1c1ccc(NC(C)=O)cc1. The second-order valence-electron chi connectivity index (χ2n) is 5.63. The molecule has 2 aromatic rings. The van der Waals surface area contributed by atoms with E-state index in [1.165, 1.54) is 6.92 Å². The highest BCUT2D eigenvalue weighted by Crippen LogP contribution is 2.44. The fourth-order valence-corrected chi connectivity index (χ4v) is 3.97. The normalized spacial score (nSPS) is 16.8. The van der Waals surface area contributed by atoms with Gasteiger partial charge in [-0.25, -0.2) is 0 Å². The fraction of sp³-hybridized carbons (Fsp3) is 0.263. The Morgan fingerprint density at radius 1 is 1.24 bits per heavy atom. The summed E-state index contributed by atoms with van der Waals surface area (Å²) >= 11 is 1.59. The lowest BCUT2D eigenvalue weighted by atomic mass is 10.1. The number of hydrogen-bond donors (Lipinski definition) is 1. The first kappa shape index (κ1) is 17.4. The lowest BCUT2D eigenvalue weighted by Gasteiger charge is -2.26. The molecular formula is C19H20N2O3S. The maximum absolute atomic E-state index is 12.5. The van der Waals surface area contributed by atoms with E-state index in [9.17, 15) is 9.59 Å². The van der Waals surface area contributed by atoms with E-state index < -0.39 is 0 Å². The third kappa shape index (κ3) is 3.79. The van der Waals surface area contributed by atoms with Gasteiger partial charge in [-0.2, -0.15) is 0 Å². The number of rotatable bonds is 5. The summed E-state index contributed by atoms with van der Waals surface area (Å²) in [4.78, 5) is 25.5. The van der Waals surface area contributed by atoms with Gasteiger partial charge in [-0.05, 0) is 36.8 Å². The van der Waals surface area contributed by atoms with Crippen molar-refractivity contribution in [1.29, 1.82) is 0 Å². The van der Waals surface area contributed by atoms with E-state index in [4.69, 9.17) is 4.74 Å². The van der Waals surface area contributed by atoms with Crippen molar-refractivity contribution in [3.8, 4) is 5.75 Å². The predicted molar refractivity (Wildman–Crippen MR) is 101 cm³/mol. The number of ether oxygens (including phenoxy) is 1. The van der Waals surface area contributed by atoms with Crippen LogP contribution in [0.5, 0.6) is 5.75 Å². The minimum Gasteiger partial charge on any atom is -0.492 e. The zero-order chi connectivity index (χ0) is 17.8. The van der Waals surface area contributed by atoms with Gasteiger partial charge in [0, 0.05) is 12.6 Å². The number of carbonyl (C=O) groups excluding carboxylic acids is 2. The van der Waals surface area contributed by atoms with Gasteiger partial charge in [0.2, 0.25) is 11.8 Å². The number of thioether (sulfide) groups is 1. The van der Waals surface area contributed by atoms with E-state index in [0.29, 0.717) is 18.1 Å². The van der Waals surface area contributed by atoms with E-state index in [1.807, 2.05) is 55.5 Å². The van der Waals surface area contributed by atoms with Crippen LogP contribution in [0.1, 0.15) is 24.8 Å². The molecule has 3 rings (SSSR count). The molecule has 0 unspecified atom stereocenters. The minimum absolute atomic E-state index is 0.0630.